The predicted molar refractivity (Wildman–Crippen MR) is 125 cm³/mol. The molecule has 1 aliphatic heterocycles. The number of carbonyl (C=O) groups is 1. The largest absolute Gasteiger partial charge is 0.497 e. The number of likely N-dealkylation sites (tertiary alicyclic amines) is 1. The first-order valence-corrected chi connectivity index (χ1v) is 11.1. The standard InChI is InChI=1S/C26H30N4O2/c1-26(2,3)25-28-16-22(18-10-12-27-13-11-18)23(29-25)20-8-6-14-30(17-20)24(31)19-7-5-9-21(15-19)32-4/h5,7,9-13,15-16,20H,6,8,14,17H2,1-4H3. The molecule has 0 saturated carbocycles. The molecule has 0 aliphatic carbocycles. The summed E-state index contributed by atoms with van der Waals surface area (Å²) in [4.78, 5) is 29.1. The van der Waals surface area contributed by atoms with Crippen molar-refractivity contribution in [3.63, 3.8) is 0 Å². The van der Waals surface area contributed by atoms with Gasteiger partial charge in [0.1, 0.15) is 11.6 Å². The number of ether oxygens (including phenoxy) is 1. The molecule has 3 aromatic rings. The van der Waals surface area contributed by atoms with E-state index in [1.54, 1.807) is 25.6 Å². The molecule has 1 atom stereocenters. The van der Waals surface area contributed by atoms with Gasteiger partial charge >= 0.3 is 0 Å². The number of methoxy groups -OCH3 is 1. The van der Waals surface area contributed by atoms with Crippen LogP contribution in [0.15, 0.2) is 55.0 Å². The number of rotatable bonds is 4. The van der Waals surface area contributed by atoms with Crippen molar-refractivity contribution in [3.8, 4) is 16.9 Å². The predicted octanol–water partition coefficient (Wildman–Crippen LogP) is 4.86. The number of piperidine rings is 1. The molecule has 1 aliphatic rings. The zero-order valence-corrected chi connectivity index (χ0v) is 19.2. The number of hydrogen-bond acceptors (Lipinski definition) is 5. The minimum Gasteiger partial charge on any atom is -0.497 e. The van der Waals surface area contributed by atoms with Crippen molar-refractivity contribution in [1.29, 1.82) is 0 Å². The lowest BCUT2D eigenvalue weighted by atomic mass is 9.88. The molecule has 32 heavy (non-hydrogen) atoms. The fourth-order valence-corrected chi connectivity index (χ4v) is 4.14. The third kappa shape index (κ3) is 4.64. The highest BCUT2D eigenvalue weighted by atomic mass is 16.5. The van der Waals surface area contributed by atoms with Crippen molar-refractivity contribution in [3.05, 3.63) is 72.1 Å². The van der Waals surface area contributed by atoms with Gasteiger partial charge in [0.15, 0.2) is 0 Å². The van der Waals surface area contributed by atoms with Gasteiger partial charge in [-0.15, -0.1) is 0 Å². The van der Waals surface area contributed by atoms with Crippen LogP contribution in [-0.4, -0.2) is 46.0 Å². The molecule has 2 aromatic heterocycles. The van der Waals surface area contributed by atoms with E-state index in [4.69, 9.17) is 9.72 Å². The summed E-state index contributed by atoms with van der Waals surface area (Å²) in [6.07, 6.45) is 7.43. The Morgan fingerprint density at radius 2 is 1.94 bits per heavy atom. The van der Waals surface area contributed by atoms with Gasteiger partial charge in [0.05, 0.1) is 12.8 Å². The molecule has 1 amide bonds. The molecule has 1 fully saturated rings. The molecule has 1 saturated heterocycles. The van der Waals surface area contributed by atoms with Gasteiger partial charge in [0.2, 0.25) is 0 Å². The zero-order valence-electron chi connectivity index (χ0n) is 19.2. The molecule has 0 spiro atoms. The van der Waals surface area contributed by atoms with Crippen LogP contribution in [0.5, 0.6) is 5.75 Å². The van der Waals surface area contributed by atoms with Crippen molar-refractivity contribution >= 4 is 5.91 Å². The van der Waals surface area contributed by atoms with Crippen LogP contribution in [0, 0.1) is 0 Å². The first-order chi connectivity index (χ1) is 15.4. The molecule has 4 rings (SSSR count). The molecular weight excluding hydrogens is 400 g/mol. The number of aromatic nitrogens is 3. The van der Waals surface area contributed by atoms with Crippen LogP contribution in [0.3, 0.4) is 0 Å². The Balaban J connectivity index is 1.68. The molecule has 0 bridgehead atoms. The smallest absolute Gasteiger partial charge is 0.254 e. The van der Waals surface area contributed by atoms with E-state index in [1.165, 1.54) is 0 Å². The van der Waals surface area contributed by atoms with Gasteiger partial charge in [-0.1, -0.05) is 26.8 Å². The minimum absolute atomic E-state index is 0.0316. The highest BCUT2D eigenvalue weighted by molar-refractivity contribution is 5.94. The number of benzene rings is 1. The summed E-state index contributed by atoms with van der Waals surface area (Å²) in [7, 11) is 1.61. The van der Waals surface area contributed by atoms with Gasteiger partial charge in [0, 0.05) is 54.1 Å². The van der Waals surface area contributed by atoms with E-state index in [2.05, 4.69) is 30.7 Å². The first kappa shape index (κ1) is 21.9. The number of hydrogen-bond donors (Lipinski definition) is 0. The monoisotopic (exact) mass is 430 g/mol. The second-order valence-corrected chi connectivity index (χ2v) is 9.30. The van der Waals surface area contributed by atoms with Gasteiger partial charge in [-0.05, 0) is 48.7 Å². The molecular formula is C26H30N4O2. The zero-order chi connectivity index (χ0) is 22.7. The maximum absolute atomic E-state index is 13.3. The average Bonchev–Trinajstić information content (AvgIpc) is 2.83. The lowest BCUT2D eigenvalue weighted by molar-refractivity contribution is 0.0705. The summed E-state index contributed by atoms with van der Waals surface area (Å²) in [5, 5.41) is 0. The summed E-state index contributed by atoms with van der Waals surface area (Å²) in [6.45, 7) is 7.75. The number of carbonyl (C=O) groups excluding carboxylic acids is 1. The van der Waals surface area contributed by atoms with Gasteiger partial charge in [-0.2, -0.15) is 0 Å². The van der Waals surface area contributed by atoms with Crippen LogP contribution in [-0.2, 0) is 5.41 Å². The second-order valence-electron chi connectivity index (χ2n) is 9.30. The van der Waals surface area contributed by atoms with Crippen LogP contribution in [0.2, 0.25) is 0 Å². The van der Waals surface area contributed by atoms with Gasteiger partial charge in [0.25, 0.3) is 5.91 Å². The fourth-order valence-electron chi connectivity index (χ4n) is 4.14. The number of amides is 1. The molecule has 0 N–H and O–H groups in total. The van der Waals surface area contributed by atoms with E-state index in [1.807, 2.05) is 41.4 Å². The first-order valence-electron chi connectivity index (χ1n) is 11.1. The van der Waals surface area contributed by atoms with Gasteiger partial charge in [-0.25, -0.2) is 9.97 Å². The van der Waals surface area contributed by atoms with E-state index in [0.717, 1.165) is 42.0 Å². The Morgan fingerprint density at radius 3 is 2.66 bits per heavy atom. The Morgan fingerprint density at radius 1 is 1.16 bits per heavy atom. The maximum atomic E-state index is 13.3. The van der Waals surface area contributed by atoms with Crippen molar-refractivity contribution in [2.45, 2.75) is 44.9 Å². The maximum Gasteiger partial charge on any atom is 0.254 e. The van der Waals surface area contributed by atoms with E-state index in [-0.39, 0.29) is 17.2 Å². The highest BCUT2D eigenvalue weighted by Gasteiger charge is 2.30. The van der Waals surface area contributed by atoms with E-state index < -0.39 is 0 Å². The number of pyridine rings is 1. The Labute approximate surface area is 189 Å². The lowest BCUT2D eigenvalue weighted by Gasteiger charge is -2.34. The lowest BCUT2D eigenvalue weighted by Crippen LogP contribution is -2.39. The quantitative estimate of drug-likeness (QED) is 0.591. The molecule has 166 valence electrons. The van der Waals surface area contributed by atoms with Gasteiger partial charge < -0.3 is 9.64 Å². The SMILES string of the molecule is COc1cccc(C(=O)N2CCCC(c3nc(C(C)(C)C)ncc3-c3ccncc3)C2)c1. The third-order valence-electron chi connectivity index (χ3n) is 5.89. The molecule has 1 aromatic carbocycles. The van der Waals surface area contributed by atoms with Crippen molar-refractivity contribution in [1.82, 2.24) is 19.9 Å². The molecule has 1 unspecified atom stereocenters. The minimum atomic E-state index is -0.156. The van der Waals surface area contributed by atoms with Crippen molar-refractivity contribution in [2.75, 3.05) is 20.2 Å². The van der Waals surface area contributed by atoms with E-state index in [9.17, 15) is 4.79 Å². The summed E-state index contributed by atoms with van der Waals surface area (Å²) < 4.78 is 5.30. The van der Waals surface area contributed by atoms with Crippen LogP contribution in [0.1, 0.15) is 61.4 Å². The van der Waals surface area contributed by atoms with Gasteiger partial charge in [-0.3, -0.25) is 9.78 Å². The summed E-state index contributed by atoms with van der Waals surface area (Å²) in [5.41, 5.74) is 3.57. The summed E-state index contributed by atoms with van der Waals surface area (Å²) in [5.74, 6) is 1.69. The van der Waals surface area contributed by atoms with Crippen molar-refractivity contribution in [2.24, 2.45) is 0 Å². The molecule has 6 heteroatoms. The van der Waals surface area contributed by atoms with Crippen LogP contribution in [0.4, 0.5) is 0 Å². The van der Waals surface area contributed by atoms with Crippen LogP contribution >= 0.6 is 0 Å². The summed E-state index contributed by atoms with van der Waals surface area (Å²) >= 11 is 0. The second kappa shape index (κ2) is 9.07. The van der Waals surface area contributed by atoms with Crippen LogP contribution in [0.25, 0.3) is 11.1 Å². The van der Waals surface area contributed by atoms with Crippen molar-refractivity contribution < 1.29 is 9.53 Å². The average molecular weight is 431 g/mol. The fraction of sp³-hybridized carbons (Fsp3) is 0.385. The molecule has 0 radical (unpaired) electrons. The molecule has 6 nitrogen and oxygen atoms in total. The highest BCUT2D eigenvalue weighted by Crippen LogP contribution is 2.34. The van der Waals surface area contributed by atoms with E-state index >= 15 is 0 Å². The third-order valence-corrected chi connectivity index (χ3v) is 5.89. The normalized spacial score (nSPS) is 16.6. The Hall–Kier alpha value is -3.28. The summed E-state index contributed by atoms with van der Waals surface area (Å²) in [6, 6.07) is 11.3. The topological polar surface area (TPSA) is 68.2 Å². The molecule has 3 heterocycles. The van der Waals surface area contributed by atoms with E-state index in [0.29, 0.717) is 17.9 Å². The number of nitrogens with zero attached hydrogens (tertiary/aromatic N) is 4. The Kier molecular flexibility index (Phi) is 6.21. The Bertz CT molecular complexity index is 1090. The van der Waals surface area contributed by atoms with Crippen LogP contribution < -0.4 is 4.74 Å².